The fourth-order valence-electron chi connectivity index (χ4n) is 3.49. The van der Waals surface area contributed by atoms with Crippen molar-refractivity contribution in [3.05, 3.63) is 71.3 Å². The van der Waals surface area contributed by atoms with Crippen LogP contribution in [-0.4, -0.2) is 56.9 Å². The van der Waals surface area contributed by atoms with Crippen LogP contribution in [0.25, 0.3) is 0 Å². The standard InChI is InChI=1S/C23H27F2NO4/c1-28-22(27)16-29-15-14-26-12-10-21(11-13-26)30-23(17-2-6-19(24)7-3-17)18-4-8-20(25)9-5-18/h2-9,21,23H,10-16H2,1H3. The Morgan fingerprint density at radius 1 is 1.00 bits per heavy atom. The molecule has 0 spiro atoms. The van der Waals surface area contributed by atoms with Gasteiger partial charge in [-0.15, -0.1) is 0 Å². The normalized spacial score (nSPS) is 15.5. The number of carbonyl (C=O) groups is 1. The van der Waals surface area contributed by atoms with Gasteiger partial charge in [-0.25, -0.2) is 13.6 Å². The number of benzene rings is 2. The molecule has 7 heteroatoms. The molecule has 0 saturated carbocycles. The summed E-state index contributed by atoms with van der Waals surface area (Å²) in [6, 6.07) is 12.5. The lowest BCUT2D eigenvalue weighted by Gasteiger charge is -2.34. The molecule has 5 nitrogen and oxygen atoms in total. The quantitative estimate of drug-likeness (QED) is 0.458. The van der Waals surface area contributed by atoms with E-state index in [1.165, 1.54) is 31.4 Å². The lowest BCUT2D eigenvalue weighted by molar-refractivity contribution is -0.146. The van der Waals surface area contributed by atoms with Crippen molar-refractivity contribution in [1.29, 1.82) is 0 Å². The van der Waals surface area contributed by atoms with Crippen LogP contribution in [0.1, 0.15) is 30.1 Å². The third kappa shape index (κ3) is 6.58. The molecule has 2 aromatic carbocycles. The molecule has 2 aromatic rings. The molecule has 0 bridgehead atoms. The van der Waals surface area contributed by atoms with Gasteiger partial charge in [-0.1, -0.05) is 24.3 Å². The summed E-state index contributed by atoms with van der Waals surface area (Å²) >= 11 is 0. The second-order valence-corrected chi connectivity index (χ2v) is 7.29. The second kappa shape index (κ2) is 11.2. The first-order valence-electron chi connectivity index (χ1n) is 10.1. The average molecular weight is 419 g/mol. The Kier molecular flexibility index (Phi) is 8.30. The van der Waals surface area contributed by atoms with Crippen molar-refractivity contribution in [3.8, 4) is 0 Å². The zero-order valence-electron chi connectivity index (χ0n) is 17.1. The van der Waals surface area contributed by atoms with Gasteiger partial charge in [0.05, 0.1) is 19.8 Å². The highest BCUT2D eigenvalue weighted by molar-refractivity contribution is 5.70. The van der Waals surface area contributed by atoms with Crippen molar-refractivity contribution in [2.75, 3.05) is 40.0 Å². The number of rotatable bonds is 9. The number of likely N-dealkylation sites (tertiary alicyclic amines) is 1. The number of hydrogen-bond donors (Lipinski definition) is 0. The van der Waals surface area contributed by atoms with E-state index in [9.17, 15) is 13.6 Å². The van der Waals surface area contributed by atoms with Crippen molar-refractivity contribution in [2.24, 2.45) is 0 Å². The van der Waals surface area contributed by atoms with Gasteiger partial charge in [-0.3, -0.25) is 0 Å². The molecular formula is C23H27F2NO4. The molecular weight excluding hydrogens is 392 g/mol. The summed E-state index contributed by atoms with van der Waals surface area (Å²) in [5, 5.41) is 0. The van der Waals surface area contributed by atoms with Crippen LogP contribution in [-0.2, 0) is 19.0 Å². The molecule has 0 N–H and O–H groups in total. The van der Waals surface area contributed by atoms with E-state index in [-0.39, 0.29) is 36.4 Å². The number of methoxy groups -OCH3 is 1. The number of carbonyl (C=O) groups excluding carboxylic acids is 1. The fraction of sp³-hybridized carbons (Fsp3) is 0.435. The van der Waals surface area contributed by atoms with Crippen LogP contribution < -0.4 is 0 Å². The number of nitrogens with zero attached hydrogens (tertiary/aromatic N) is 1. The van der Waals surface area contributed by atoms with Gasteiger partial charge < -0.3 is 19.1 Å². The molecule has 1 fully saturated rings. The van der Waals surface area contributed by atoms with E-state index < -0.39 is 0 Å². The Morgan fingerprint density at radius 3 is 2.03 bits per heavy atom. The van der Waals surface area contributed by atoms with Crippen LogP contribution in [0.5, 0.6) is 0 Å². The van der Waals surface area contributed by atoms with E-state index in [1.54, 1.807) is 24.3 Å². The summed E-state index contributed by atoms with van der Waals surface area (Å²) in [5.41, 5.74) is 1.67. The van der Waals surface area contributed by atoms with Crippen molar-refractivity contribution < 1.29 is 27.8 Å². The van der Waals surface area contributed by atoms with Crippen LogP contribution in [0.15, 0.2) is 48.5 Å². The van der Waals surface area contributed by atoms with Crippen LogP contribution in [0.4, 0.5) is 8.78 Å². The molecule has 1 aliphatic heterocycles. The van der Waals surface area contributed by atoms with Gasteiger partial charge in [0.1, 0.15) is 24.3 Å². The van der Waals surface area contributed by atoms with E-state index in [0.29, 0.717) is 6.61 Å². The van der Waals surface area contributed by atoms with Gasteiger partial charge in [0, 0.05) is 19.6 Å². The van der Waals surface area contributed by atoms with Gasteiger partial charge in [0.15, 0.2) is 0 Å². The molecule has 0 aromatic heterocycles. The smallest absolute Gasteiger partial charge is 0.331 e. The molecule has 162 valence electrons. The highest BCUT2D eigenvalue weighted by Gasteiger charge is 2.25. The minimum absolute atomic E-state index is 0.0346. The van der Waals surface area contributed by atoms with Crippen molar-refractivity contribution in [2.45, 2.75) is 25.0 Å². The van der Waals surface area contributed by atoms with Gasteiger partial charge >= 0.3 is 5.97 Å². The molecule has 1 aliphatic rings. The molecule has 0 atom stereocenters. The highest BCUT2D eigenvalue weighted by atomic mass is 19.1. The predicted octanol–water partition coefficient (Wildman–Crippen LogP) is 3.72. The fourth-order valence-corrected chi connectivity index (χ4v) is 3.49. The zero-order chi connectivity index (χ0) is 21.3. The second-order valence-electron chi connectivity index (χ2n) is 7.29. The monoisotopic (exact) mass is 419 g/mol. The molecule has 0 unspecified atom stereocenters. The molecule has 30 heavy (non-hydrogen) atoms. The van der Waals surface area contributed by atoms with Crippen molar-refractivity contribution in [1.82, 2.24) is 4.90 Å². The molecule has 0 aliphatic carbocycles. The van der Waals surface area contributed by atoms with Crippen molar-refractivity contribution >= 4 is 5.97 Å². The van der Waals surface area contributed by atoms with Crippen LogP contribution in [0.3, 0.4) is 0 Å². The minimum atomic E-state index is -0.383. The first-order valence-corrected chi connectivity index (χ1v) is 10.1. The maximum Gasteiger partial charge on any atom is 0.331 e. The first kappa shape index (κ1) is 22.3. The third-order valence-corrected chi connectivity index (χ3v) is 5.21. The molecule has 0 radical (unpaired) electrons. The topological polar surface area (TPSA) is 48.0 Å². The number of piperidine rings is 1. The first-order chi connectivity index (χ1) is 14.5. The molecule has 1 heterocycles. The molecule has 0 amide bonds. The molecule has 1 saturated heterocycles. The highest BCUT2D eigenvalue weighted by Crippen LogP contribution is 2.30. The van der Waals surface area contributed by atoms with Gasteiger partial charge in [-0.05, 0) is 48.2 Å². The zero-order valence-corrected chi connectivity index (χ0v) is 17.1. The summed E-state index contributed by atoms with van der Waals surface area (Å²) in [7, 11) is 1.33. The SMILES string of the molecule is COC(=O)COCCN1CCC(OC(c2ccc(F)cc2)c2ccc(F)cc2)CC1. The van der Waals surface area contributed by atoms with E-state index in [1.807, 2.05) is 0 Å². The summed E-state index contributed by atoms with van der Waals surface area (Å²) in [6.45, 7) is 2.88. The number of hydrogen-bond acceptors (Lipinski definition) is 5. The third-order valence-electron chi connectivity index (χ3n) is 5.21. The van der Waals surface area contributed by atoms with E-state index in [4.69, 9.17) is 9.47 Å². The number of ether oxygens (including phenoxy) is 3. The van der Waals surface area contributed by atoms with Gasteiger partial charge in [-0.2, -0.15) is 0 Å². The largest absolute Gasteiger partial charge is 0.467 e. The summed E-state index contributed by atoms with van der Waals surface area (Å²) in [6.07, 6.45) is 1.34. The Bertz CT molecular complexity index is 744. The van der Waals surface area contributed by atoms with E-state index in [0.717, 1.165) is 43.6 Å². The minimum Gasteiger partial charge on any atom is -0.467 e. The predicted molar refractivity (Wildman–Crippen MR) is 108 cm³/mol. The van der Waals surface area contributed by atoms with E-state index in [2.05, 4.69) is 9.64 Å². The maximum absolute atomic E-state index is 13.4. The molecule has 3 rings (SSSR count). The number of halogens is 2. The van der Waals surface area contributed by atoms with Crippen molar-refractivity contribution in [3.63, 3.8) is 0 Å². The van der Waals surface area contributed by atoms with Crippen LogP contribution >= 0.6 is 0 Å². The lowest BCUT2D eigenvalue weighted by atomic mass is 10.00. The van der Waals surface area contributed by atoms with Gasteiger partial charge in [0.2, 0.25) is 0 Å². The van der Waals surface area contributed by atoms with Crippen LogP contribution in [0.2, 0.25) is 0 Å². The Balaban J connectivity index is 1.55. The summed E-state index contributed by atoms with van der Waals surface area (Å²) < 4.78 is 43.0. The Morgan fingerprint density at radius 2 is 1.53 bits per heavy atom. The van der Waals surface area contributed by atoms with E-state index >= 15 is 0 Å². The Labute approximate surface area is 175 Å². The average Bonchev–Trinajstić information content (AvgIpc) is 2.77. The van der Waals surface area contributed by atoms with Crippen LogP contribution in [0, 0.1) is 11.6 Å². The summed E-state index contributed by atoms with van der Waals surface area (Å²) in [5.74, 6) is -0.992. The van der Waals surface area contributed by atoms with Gasteiger partial charge in [0.25, 0.3) is 0 Å². The maximum atomic E-state index is 13.4. The lowest BCUT2D eigenvalue weighted by Crippen LogP contribution is -2.39. The summed E-state index contributed by atoms with van der Waals surface area (Å²) in [4.78, 5) is 13.3. The Hall–Kier alpha value is -2.35. The number of esters is 1.